The fourth-order valence-electron chi connectivity index (χ4n) is 1.33. The Morgan fingerprint density at radius 1 is 1.05 bits per heavy atom. The summed E-state index contributed by atoms with van der Waals surface area (Å²) in [4.78, 5) is 6.37. The molecule has 0 amide bonds. The van der Waals surface area contributed by atoms with Crippen molar-refractivity contribution < 1.29 is 17.6 Å². The van der Waals surface area contributed by atoms with Gasteiger partial charge in [0.25, 0.3) is 0 Å². The highest BCUT2D eigenvalue weighted by Gasteiger charge is 2.35. The number of anilines is 2. The lowest BCUT2D eigenvalue weighted by Gasteiger charge is -2.10. The second-order valence-electron chi connectivity index (χ2n) is 3.65. The van der Waals surface area contributed by atoms with Gasteiger partial charge in [-0.3, -0.25) is 0 Å². The summed E-state index contributed by atoms with van der Waals surface area (Å²) < 4.78 is 50.5. The van der Waals surface area contributed by atoms with E-state index in [0.717, 1.165) is 12.1 Å². The van der Waals surface area contributed by atoms with Crippen LogP contribution in [0.1, 0.15) is 5.82 Å². The Hall–Kier alpha value is -1.60. The fraction of sp³-hybridized carbons (Fsp3) is 0.0909. The van der Waals surface area contributed by atoms with Gasteiger partial charge < -0.3 is 5.32 Å². The van der Waals surface area contributed by atoms with Crippen LogP contribution in [-0.4, -0.2) is 9.97 Å². The maximum absolute atomic E-state index is 13.0. The van der Waals surface area contributed by atoms with Gasteiger partial charge in [-0.25, -0.2) is 14.4 Å². The number of rotatable bonds is 2. The van der Waals surface area contributed by atoms with Crippen LogP contribution in [0.4, 0.5) is 29.1 Å². The van der Waals surface area contributed by atoms with Crippen molar-refractivity contribution in [1.82, 2.24) is 9.97 Å². The zero-order valence-electron chi connectivity index (χ0n) is 9.47. The van der Waals surface area contributed by atoms with Gasteiger partial charge in [0.05, 0.1) is 5.02 Å². The maximum atomic E-state index is 13.0. The number of alkyl halides is 3. The molecule has 0 aliphatic heterocycles. The van der Waals surface area contributed by atoms with Crippen molar-refractivity contribution in [1.29, 1.82) is 0 Å². The van der Waals surface area contributed by atoms with Gasteiger partial charge in [0.1, 0.15) is 16.8 Å². The Morgan fingerprint density at radius 3 is 2.35 bits per heavy atom. The van der Waals surface area contributed by atoms with Crippen molar-refractivity contribution in [3.05, 3.63) is 46.1 Å². The van der Waals surface area contributed by atoms with E-state index >= 15 is 0 Å². The van der Waals surface area contributed by atoms with Crippen molar-refractivity contribution >= 4 is 34.7 Å². The smallest absolute Gasteiger partial charge is 0.340 e. The Morgan fingerprint density at radius 2 is 1.75 bits per heavy atom. The topological polar surface area (TPSA) is 37.8 Å². The molecule has 20 heavy (non-hydrogen) atoms. The molecule has 0 unspecified atom stereocenters. The number of benzene rings is 1. The molecule has 0 fully saturated rings. The van der Waals surface area contributed by atoms with E-state index in [4.69, 9.17) is 23.2 Å². The fourth-order valence-corrected chi connectivity index (χ4v) is 1.69. The zero-order valence-corrected chi connectivity index (χ0v) is 11.0. The van der Waals surface area contributed by atoms with Gasteiger partial charge in [-0.05, 0) is 18.2 Å². The molecule has 0 saturated heterocycles. The highest BCUT2D eigenvalue weighted by atomic mass is 35.5. The molecule has 1 N–H and O–H groups in total. The Kier molecular flexibility index (Phi) is 4.01. The van der Waals surface area contributed by atoms with E-state index in [2.05, 4.69) is 15.3 Å². The molecule has 9 heteroatoms. The highest BCUT2D eigenvalue weighted by molar-refractivity contribution is 6.31. The van der Waals surface area contributed by atoms with E-state index in [1.165, 1.54) is 12.1 Å². The molecule has 0 spiro atoms. The van der Waals surface area contributed by atoms with Crippen LogP contribution in [0, 0.1) is 5.82 Å². The Labute approximate surface area is 120 Å². The van der Waals surface area contributed by atoms with Crippen LogP contribution in [0.3, 0.4) is 0 Å². The van der Waals surface area contributed by atoms with E-state index < -0.39 is 17.8 Å². The summed E-state index contributed by atoms with van der Waals surface area (Å²) in [7, 11) is 0. The second-order valence-corrected chi connectivity index (χ2v) is 4.45. The number of nitrogens with one attached hydrogen (secondary N) is 1. The van der Waals surface area contributed by atoms with Gasteiger partial charge in [0, 0.05) is 11.8 Å². The normalized spacial score (nSPS) is 11.5. The first-order valence-corrected chi connectivity index (χ1v) is 5.85. The third kappa shape index (κ3) is 3.49. The number of hydrogen-bond donors (Lipinski definition) is 1. The number of halogens is 6. The van der Waals surface area contributed by atoms with Crippen molar-refractivity contribution in [2.75, 3.05) is 5.32 Å². The summed E-state index contributed by atoms with van der Waals surface area (Å²) in [5, 5.41) is 1.99. The molecule has 3 nitrogen and oxygen atoms in total. The van der Waals surface area contributed by atoms with Gasteiger partial charge >= 0.3 is 6.18 Å². The molecule has 1 heterocycles. The lowest BCUT2D eigenvalue weighted by atomic mass is 10.3. The molecular weight excluding hydrogens is 321 g/mol. The molecule has 1 aromatic carbocycles. The Bertz CT molecular complexity index is 646. The standard InChI is InChI=1S/C11H5Cl2F4N3/c12-6-3-5(1-2-7(6)14)18-9-4-8(13)19-10(20-9)11(15,16)17/h1-4H,(H,18,19,20). The summed E-state index contributed by atoms with van der Waals surface area (Å²) in [6.45, 7) is 0. The molecule has 0 radical (unpaired) electrons. The highest BCUT2D eigenvalue weighted by Crippen LogP contribution is 2.29. The van der Waals surface area contributed by atoms with Gasteiger partial charge in [-0.1, -0.05) is 23.2 Å². The monoisotopic (exact) mass is 325 g/mol. The average molecular weight is 326 g/mol. The molecule has 1 aromatic heterocycles. The molecule has 0 aliphatic carbocycles. The minimum Gasteiger partial charge on any atom is -0.340 e. The van der Waals surface area contributed by atoms with Gasteiger partial charge in [0.2, 0.25) is 5.82 Å². The van der Waals surface area contributed by atoms with Crippen LogP contribution in [0.25, 0.3) is 0 Å². The molecule has 2 rings (SSSR count). The van der Waals surface area contributed by atoms with Gasteiger partial charge in [-0.15, -0.1) is 0 Å². The third-order valence-corrected chi connectivity index (χ3v) is 2.62. The molecular formula is C11H5Cl2F4N3. The predicted octanol–water partition coefficient (Wildman–Crippen LogP) is 4.68. The van der Waals surface area contributed by atoms with E-state index in [-0.39, 0.29) is 21.7 Å². The van der Waals surface area contributed by atoms with Crippen molar-refractivity contribution in [3.63, 3.8) is 0 Å². The second kappa shape index (κ2) is 5.41. The molecule has 0 aliphatic rings. The minimum atomic E-state index is -4.72. The number of hydrogen-bond acceptors (Lipinski definition) is 3. The summed E-state index contributed by atoms with van der Waals surface area (Å²) >= 11 is 11.1. The summed E-state index contributed by atoms with van der Waals surface area (Å²) in [6, 6.07) is 4.68. The van der Waals surface area contributed by atoms with Crippen LogP contribution in [-0.2, 0) is 6.18 Å². The summed E-state index contributed by atoms with van der Waals surface area (Å²) in [5.41, 5.74) is 0.263. The van der Waals surface area contributed by atoms with E-state index in [9.17, 15) is 17.6 Å². The number of aromatic nitrogens is 2. The van der Waals surface area contributed by atoms with Crippen LogP contribution in [0.2, 0.25) is 10.2 Å². The zero-order chi connectivity index (χ0) is 14.9. The largest absolute Gasteiger partial charge is 0.451 e. The lowest BCUT2D eigenvalue weighted by Crippen LogP contribution is -2.12. The first-order valence-electron chi connectivity index (χ1n) is 5.09. The van der Waals surface area contributed by atoms with E-state index in [0.29, 0.717) is 0 Å². The first kappa shape index (κ1) is 14.8. The molecule has 0 bridgehead atoms. The molecule has 106 valence electrons. The Balaban J connectivity index is 2.33. The minimum absolute atomic E-state index is 0.175. The first-order chi connectivity index (χ1) is 9.25. The van der Waals surface area contributed by atoms with Gasteiger partial charge in [-0.2, -0.15) is 13.2 Å². The summed E-state index contributed by atoms with van der Waals surface area (Å²) in [6.07, 6.45) is -4.72. The maximum Gasteiger partial charge on any atom is 0.451 e. The van der Waals surface area contributed by atoms with Crippen LogP contribution in [0.15, 0.2) is 24.3 Å². The van der Waals surface area contributed by atoms with Crippen molar-refractivity contribution in [2.45, 2.75) is 6.18 Å². The van der Waals surface area contributed by atoms with E-state index in [1.807, 2.05) is 0 Å². The van der Waals surface area contributed by atoms with Crippen molar-refractivity contribution in [2.24, 2.45) is 0 Å². The van der Waals surface area contributed by atoms with Crippen LogP contribution < -0.4 is 5.32 Å². The lowest BCUT2D eigenvalue weighted by molar-refractivity contribution is -0.144. The number of nitrogens with zero attached hydrogens (tertiary/aromatic N) is 2. The van der Waals surface area contributed by atoms with Crippen molar-refractivity contribution in [3.8, 4) is 0 Å². The average Bonchev–Trinajstić information content (AvgIpc) is 2.32. The third-order valence-electron chi connectivity index (χ3n) is 2.14. The SMILES string of the molecule is Fc1ccc(Nc2cc(Cl)nc(C(F)(F)F)n2)cc1Cl. The molecule has 0 atom stereocenters. The quantitative estimate of drug-likeness (QED) is 0.643. The van der Waals surface area contributed by atoms with Gasteiger partial charge in [0.15, 0.2) is 0 Å². The van der Waals surface area contributed by atoms with E-state index in [1.54, 1.807) is 0 Å². The summed E-state index contributed by atoms with van der Waals surface area (Å²) in [5.74, 6) is -2.20. The molecule has 0 saturated carbocycles. The van der Waals surface area contributed by atoms with Crippen LogP contribution >= 0.6 is 23.2 Å². The van der Waals surface area contributed by atoms with Crippen LogP contribution in [0.5, 0.6) is 0 Å². The predicted molar refractivity (Wildman–Crippen MR) is 66.7 cm³/mol. The molecule has 2 aromatic rings.